The summed E-state index contributed by atoms with van der Waals surface area (Å²) < 4.78 is 0. The molecule has 1 aliphatic rings. The molecule has 0 N–H and O–H groups in total. The van der Waals surface area contributed by atoms with Gasteiger partial charge in [-0.2, -0.15) is 0 Å². The highest BCUT2D eigenvalue weighted by atomic mass is 35.5. The van der Waals surface area contributed by atoms with Crippen molar-refractivity contribution in [2.24, 2.45) is 23.7 Å². The van der Waals surface area contributed by atoms with Gasteiger partial charge in [-0.1, -0.05) is 34.1 Å². The lowest BCUT2D eigenvalue weighted by Gasteiger charge is -2.35. The minimum atomic E-state index is 0.398. The summed E-state index contributed by atoms with van der Waals surface area (Å²) in [6.45, 7) is 9.22. The smallest absolute Gasteiger partial charge is 0.0387 e. The van der Waals surface area contributed by atoms with Gasteiger partial charge < -0.3 is 0 Å². The second kappa shape index (κ2) is 4.68. The zero-order valence-electron chi connectivity index (χ0n) is 9.39. The Morgan fingerprint density at radius 1 is 1.08 bits per heavy atom. The van der Waals surface area contributed by atoms with E-state index in [4.69, 9.17) is 11.6 Å². The van der Waals surface area contributed by atoms with Crippen LogP contribution in [0, 0.1) is 23.7 Å². The molecule has 1 heteroatoms. The maximum atomic E-state index is 6.41. The molecule has 4 atom stereocenters. The standard InChI is InChI=1S/C12H23Cl/c1-8(2)12(13)11-6-5-9(3)10(4)7-11/h8-12H,5-7H2,1-4H3. The molecule has 0 aromatic heterocycles. The van der Waals surface area contributed by atoms with Crippen molar-refractivity contribution < 1.29 is 0 Å². The number of hydrogen-bond acceptors (Lipinski definition) is 0. The Bertz CT molecular complexity index is 153. The molecule has 0 bridgehead atoms. The van der Waals surface area contributed by atoms with Crippen LogP contribution in [0.2, 0.25) is 0 Å². The van der Waals surface area contributed by atoms with Crippen molar-refractivity contribution in [2.75, 3.05) is 0 Å². The highest BCUT2D eigenvalue weighted by Crippen LogP contribution is 2.38. The molecule has 4 unspecified atom stereocenters. The zero-order valence-corrected chi connectivity index (χ0v) is 10.1. The molecule has 0 aliphatic heterocycles. The van der Waals surface area contributed by atoms with Gasteiger partial charge in [-0.3, -0.25) is 0 Å². The molecule has 0 spiro atoms. The molecule has 13 heavy (non-hydrogen) atoms. The summed E-state index contributed by atoms with van der Waals surface area (Å²) in [6.07, 6.45) is 4.06. The third-order valence-electron chi connectivity index (χ3n) is 3.73. The Labute approximate surface area is 88.1 Å². The molecule has 0 nitrogen and oxygen atoms in total. The monoisotopic (exact) mass is 202 g/mol. The maximum Gasteiger partial charge on any atom is 0.0387 e. The summed E-state index contributed by atoms with van der Waals surface area (Å²) in [5, 5.41) is 0.398. The van der Waals surface area contributed by atoms with Crippen LogP contribution in [0.15, 0.2) is 0 Å². The predicted molar refractivity (Wildman–Crippen MR) is 60.1 cm³/mol. The highest BCUT2D eigenvalue weighted by molar-refractivity contribution is 6.20. The molecule has 0 radical (unpaired) electrons. The predicted octanol–water partition coefficient (Wildman–Crippen LogP) is 4.32. The fraction of sp³-hybridized carbons (Fsp3) is 1.00. The SMILES string of the molecule is CC(C)C(Cl)C1CCC(C)C(C)C1. The van der Waals surface area contributed by atoms with Crippen molar-refractivity contribution in [3.05, 3.63) is 0 Å². The number of alkyl halides is 1. The quantitative estimate of drug-likeness (QED) is 0.585. The van der Waals surface area contributed by atoms with Crippen LogP contribution >= 0.6 is 11.6 Å². The first-order valence-corrected chi connectivity index (χ1v) is 6.10. The van der Waals surface area contributed by atoms with E-state index in [2.05, 4.69) is 27.7 Å². The van der Waals surface area contributed by atoms with Gasteiger partial charge in [0.25, 0.3) is 0 Å². The third kappa shape index (κ3) is 2.87. The van der Waals surface area contributed by atoms with Gasteiger partial charge in [-0.05, 0) is 36.5 Å². The molecule has 78 valence electrons. The highest BCUT2D eigenvalue weighted by Gasteiger charge is 2.30. The first-order chi connectivity index (χ1) is 6.02. The second-order valence-electron chi connectivity index (χ2n) is 5.22. The molecule has 1 saturated carbocycles. The van der Waals surface area contributed by atoms with Crippen molar-refractivity contribution in [2.45, 2.75) is 52.3 Å². The van der Waals surface area contributed by atoms with Crippen LogP contribution in [0.3, 0.4) is 0 Å². The van der Waals surface area contributed by atoms with E-state index in [1.54, 1.807) is 0 Å². The van der Waals surface area contributed by atoms with E-state index < -0.39 is 0 Å². The Kier molecular flexibility index (Phi) is 4.09. The molecule has 0 amide bonds. The van der Waals surface area contributed by atoms with E-state index in [0.717, 1.165) is 17.8 Å². The molecule has 0 aromatic rings. The Balaban J connectivity index is 2.45. The van der Waals surface area contributed by atoms with Crippen LogP contribution in [0.1, 0.15) is 47.0 Å². The topological polar surface area (TPSA) is 0 Å². The molecular weight excluding hydrogens is 180 g/mol. The van der Waals surface area contributed by atoms with Crippen LogP contribution in [-0.2, 0) is 0 Å². The third-order valence-corrected chi connectivity index (χ3v) is 4.59. The Morgan fingerprint density at radius 2 is 1.69 bits per heavy atom. The van der Waals surface area contributed by atoms with Gasteiger partial charge in [-0.25, -0.2) is 0 Å². The van der Waals surface area contributed by atoms with Crippen LogP contribution < -0.4 is 0 Å². The largest absolute Gasteiger partial charge is 0.122 e. The fourth-order valence-electron chi connectivity index (χ4n) is 2.42. The Hall–Kier alpha value is 0.290. The average molecular weight is 203 g/mol. The summed E-state index contributed by atoms with van der Waals surface area (Å²) in [4.78, 5) is 0. The van der Waals surface area contributed by atoms with Gasteiger partial charge in [0, 0.05) is 5.38 Å². The van der Waals surface area contributed by atoms with E-state index in [1.807, 2.05) is 0 Å². The summed E-state index contributed by atoms with van der Waals surface area (Å²) in [6, 6.07) is 0. The van der Waals surface area contributed by atoms with Crippen LogP contribution in [-0.4, -0.2) is 5.38 Å². The lowest BCUT2D eigenvalue weighted by molar-refractivity contribution is 0.191. The number of halogens is 1. The van der Waals surface area contributed by atoms with Gasteiger partial charge in [0.15, 0.2) is 0 Å². The first-order valence-electron chi connectivity index (χ1n) is 5.66. The van der Waals surface area contributed by atoms with Gasteiger partial charge in [0.2, 0.25) is 0 Å². The number of rotatable bonds is 2. The van der Waals surface area contributed by atoms with Crippen molar-refractivity contribution >= 4 is 11.6 Å². The summed E-state index contributed by atoms with van der Waals surface area (Å²) in [5.74, 6) is 3.19. The number of hydrogen-bond donors (Lipinski definition) is 0. The second-order valence-corrected chi connectivity index (χ2v) is 5.72. The molecule has 0 saturated heterocycles. The van der Waals surface area contributed by atoms with Crippen LogP contribution in [0.25, 0.3) is 0 Å². The lowest BCUT2D eigenvalue weighted by Crippen LogP contribution is -2.29. The first kappa shape index (κ1) is 11.4. The minimum absolute atomic E-state index is 0.398. The summed E-state index contributed by atoms with van der Waals surface area (Å²) in [5.41, 5.74) is 0. The van der Waals surface area contributed by atoms with E-state index in [0.29, 0.717) is 11.3 Å². The van der Waals surface area contributed by atoms with Crippen LogP contribution in [0.5, 0.6) is 0 Å². The molecule has 0 heterocycles. The Morgan fingerprint density at radius 3 is 2.15 bits per heavy atom. The van der Waals surface area contributed by atoms with Gasteiger partial charge in [0.1, 0.15) is 0 Å². The van der Waals surface area contributed by atoms with E-state index in [-0.39, 0.29) is 0 Å². The van der Waals surface area contributed by atoms with E-state index in [9.17, 15) is 0 Å². The van der Waals surface area contributed by atoms with Crippen LogP contribution in [0.4, 0.5) is 0 Å². The van der Waals surface area contributed by atoms with Gasteiger partial charge in [0.05, 0.1) is 0 Å². The summed E-state index contributed by atoms with van der Waals surface area (Å²) >= 11 is 6.41. The van der Waals surface area contributed by atoms with E-state index >= 15 is 0 Å². The van der Waals surface area contributed by atoms with Gasteiger partial charge in [-0.15, -0.1) is 11.6 Å². The van der Waals surface area contributed by atoms with Crippen molar-refractivity contribution in [3.63, 3.8) is 0 Å². The molecule has 1 aliphatic carbocycles. The van der Waals surface area contributed by atoms with E-state index in [1.165, 1.54) is 19.3 Å². The zero-order chi connectivity index (χ0) is 10.0. The normalized spacial score (nSPS) is 37.8. The molecular formula is C12H23Cl. The van der Waals surface area contributed by atoms with Crippen molar-refractivity contribution in [1.29, 1.82) is 0 Å². The van der Waals surface area contributed by atoms with Crippen molar-refractivity contribution in [3.8, 4) is 0 Å². The summed E-state index contributed by atoms with van der Waals surface area (Å²) in [7, 11) is 0. The fourth-order valence-corrected chi connectivity index (χ4v) is 2.65. The molecule has 0 aromatic carbocycles. The maximum absolute atomic E-state index is 6.41. The lowest BCUT2D eigenvalue weighted by atomic mass is 9.73. The minimum Gasteiger partial charge on any atom is -0.122 e. The van der Waals surface area contributed by atoms with Crippen molar-refractivity contribution in [1.82, 2.24) is 0 Å². The molecule has 1 fully saturated rings. The van der Waals surface area contributed by atoms with Gasteiger partial charge >= 0.3 is 0 Å². The average Bonchev–Trinajstić information content (AvgIpc) is 2.08. The molecule has 1 rings (SSSR count).